The molecular formula is C15H27F3N2. The number of rotatable bonds is 4. The summed E-state index contributed by atoms with van der Waals surface area (Å²) in [6, 6.07) is 0.414. The van der Waals surface area contributed by atoms with Crippen molar-refractivity contribution in [1.29, 1.82) is 0 Å². The third-order valence-corrected chi connectivity index (χ3v) is 4.73. The SMILES string of the molecule is CC1CCCC(CNC2CCN(CC(F)(F)F)CC2)C1. The van der Waals surface area contributed by atoms with Crippen LogP contribution in [-0.2, 0) is 0 Å². The van der Waals surface area contributed by atoms with Crippen LogP contribution in [0.15, 0.2) is 0 Å². The van der Waals surface area contributed by atoms with Gasteiger partial charge in [-0.05, 0) is 57.2 Å². The maximum atomic E-state index is 12.3. The third-order valence-electron chi connectivity index (χ3n) is 4.73. The first-order valence-electron chi connectivity index (χ1n) is 7.95. The van der Waals surface area contributed by atoms with E-state index in [1.54, 1.807) is 0 Å². The lowest BCUT2D eigenvalue weighted by Crippen LogP contribution is -2.46. The highest BCUT2D eigenvalue weighted by Gasteiger charge is 2.32. The minimum Gasteiger partial charge on any atom is -0.314 e. The number of hydrogen-bond donors (Lipinski definition) is 1. The van der Waals surface area contributed by atoms with E-state index in [-0.39, 0.29) is 0 Å². The molecule has 2 fully saturated rings. The highest BCUT2D eigenvalue weighted by molar-refractivity contribution is 4.80. The van der Waals surface area contributed by atoms with E-state index in [1.807, 2.05) is 0 Å². The van der Waals surface area contributed by atoms with E-state index < -0.39 is 12.7 Å². The molecule has 2 rings (SSSR count). The molecule has 1 heterocycles. The van der Waals surface area contributed by atoms with Crippen LogP contribution in [0.5, 0.6) is 0 Å². The van der Waals surface area contributed by atoms with Crippen molar-refractivity contribution < 1.29 is 13.2 Å². The number of nitrogens with one attached hydrogen (secondary N) is 1. The van der Waals surface area contributed by atoms with Gasteiger partial charge in [-0.15, -0.1) is 0 Å². The van der Waals surface area contributed by atoms with Gasteiger partial charge in [0.2, 0.25) is 0 Å². The van der Waals surface area contributed by atoms with E-state index >= 15 is 0 Å². The number of alkyl halides is 3. The summed E-state index contributed by atoms with van der Waals surface area (Å²) in [7, 11) is 0. The lowest BCUT2D eigenvalue weighted by Gasteiger charge is -2.34. The van der Waals surface area contributed by atoms with E-state index in [4.69, 9.17) is 0 Å². The van der Waals surface area contributed by atoms with Crippen molar-refractivity contribution in [1.82, 2.24) is 10.2 Å². The maximum Gasteiger partial charge on any atom is 0.401 e. The molecule has 0 aromatic heterocycles. The maximum absolute atomic E-state index is 12.3. The summed E-state index contributed by atoms with van der Waals surface area (Å²) in [5, 5.41) is 3.59. The minimum atomic E-state index is -4.06. The van der Waals surface area contributed by atoms with Gasteiger partial charge in [0.25, 0.3) is 0 Å². The second-order valence-corrected chi connectivity index (χ2v) is 6.71. The quantitative estimate of drug-likeness (QED) is 0.854. The first-order chi connectivity index (χ1) is 9.42. The molecule has 2 atom stereocenters. The van der Waals surface area contributed by atoms with Crippen molar-refractivity contribution >= 4 is 0 Å². The number of piperidine rings is 1. The van der Waals surface area contributed by atoms with Gasteiger partial charge in [0.1, 0.15) is 0 Å². The Balaban J connectivity index is 1.62. The number of hydrogen-bond acceptors (Lipinski definition) is 2. The van der Waals surface area contributed by atoms with Crippen LogP contribution in [0.3, 0.4) is 0 Å². The van der Waals surface area contributed by atoms with Gasteiger partial charge in [-0.3, -0.25) is 4.90 Å². The fourth-order valence-electron chi connectivity index (χ4n) is 3.63. The summed E-state index contributed by atoms with van der Waals surface area (Å²) in [6.07, 6.45) is 2.93. The summed E-state index contributed by atoms with van der Waals surface area (Å²) in [6.45, 7) is 3.76. The molecule has 5 heteroatoms. The standard InChI is InChI=1S/C15H27F3N2/c1-12-3-2-4-13(9-12)10-19-14-5-7-20(8-6-14)11-15(16,17)18/h12-14,19H,2-11H2,1H3. The number of nitrogens with zero attached hydrogens (tertiary/aromatic N) is 1. The van der Waals surface area contributed by atoms with Crippen LogP contribution in [0.1, 0.15) is 45.4 Å². The van der Waals surface area contributed by atoms with E-state index in [0.29, 0.717) is 19.1 Å². The molecule has 1 saturated carbocycles. The molecule has 2 nitrogen and oxygen atoms in total. The first kappa shape index (κ1) is 16.1. The fourth-order valence-corrected chi connectivity index (χ4v) is 3.63. The largest absolute Gasteiger partial charge is 0.401 e. The van der Waals surface area contributed by atoms with Crippen LogP contribution in [0.2, 0.25) is 0 Å². The number of halogens is 3. The van der Waals surface area contributed by atoms with E-state index in [1.165, 1.54) is 30.6 Å². The average molecular weight is 292 g/mol. The Morgan fingerprint density at radius 2 is 1.80 bits per heavy atom. The van der Waals surface area contributed by atoms with Crippen molar-refractivity contribution in [3.63, 3.8) is 0 Å². The van der Waals surface area contributed by atoms with Gasteiger partial charge in [0.05, 0.1) is 6.54 Å². The Kier molecular flexibility index (Phi) is 5.73. The lowest BCUT2D eigenvalue weighted by molar-refractivity contribution is -0.148. The fraction of sp³-hybridized carbons (Fsp3) is 1.00. The van der Waals surface area contributed by atoms with Crippen LogP contribution >= 0.6 is 0 Å². The van der Waals surface area contributed by atoms with E-state index in [9.17, 15) is 13.2 Å². The summed E-state index contributed by atoms with van der Waals surface area (Å²) in [5.41, 5.74) is 0. The Bertz CT molecular complexity index is 285. The topological polar surface area (TPSA) is 15.3 Å². The van der Waals surface area contributed by atoms with Gasteiger partial charge in [0.15, 0.2) is 0 Å². The summed E-state index contributed by atoms with van der Waals surface area (Å²) in [5.74, 6) is 1.61. The van der Waals surface area contributed by atoms with Crippen molar-refractivity contribution in [3.05, 3.63) is 0 Å². The lowest BCUT2D eigenvalue weighted by atomic mass is 9.82. The molecule has 1 N–H and O–H groups in total. The van der Waals surface area contributed by atoms with Gasteiger partial charge in [0, 0.05) is 6.04 Å². The van der Waals surface area contributed by atoms with Crippen molar-refractivity contribution in [2.75, 3.05) is 26.2 Å². The van der Waals surface area contributed by atoms with Crippen LogP contribution in [0.25, 0.3) is 0 Å². The van der Waals surface area contributed by atoms with Gasteiger partial charge < -0.3 is 5.32 Å². The van der Waals surface area contributed by atoms with Crippen molar-refractivity contribution in [3.8, 4) is 0 Å². The molecule has 2 unspecified atom stereocenters. The Morgan fingerprint density at radius 3 is 2.40 bits per heavy atom. The van der Waals surface area contributed by atoms with Crippen LogP contribution < -0.4 is 5.32 Å². The molecule has 0 aromatic carbocycles. The molecule has 0 aromatic rings. The zero-order valence-corrected chi connectivity index (χ0v) is 12.4. The minimum absolute atomic E-state index is 0.414. The second-order valence-electron chi connectivity index (χ2n) is 6.71. The molecule has 1 aliphatic heterocycles. The number of likely N-dealkylation sites (tertiary alicyclic amines) is 1. The van der Waals surface area contributed by atoms with Gasteiger partial charge in [-0.1, -0.05) is 19.8 Å². The normalized spacial score (nSPS) is 30.6. The monoisotopic (exact) mass is 292 g/mol. The molecule has 0 radical (unpaired) electrons. The molecular weight excluding hydrogens is 265 g/mol. The predicted octanol–water partition coefficient (Wildman–Crippen LogP) is 3.43. The van der Waals surface area contributed by atoms with Crippen LogP contribution in [0, 0.1) is 11.8 Å². The van der Waals surface area contributed by atoms with Crippen LogP contribution in [0.4, 0.5) is 13.2 Å². The van der Waals surface area contributed by atoms with E-state index in [2.05, 4.69) is 12.2 Å². The van der Waals surface area contributed by atoms with Crippen molar-refractivity contribution in [2.45, 2.75) is 57.7 Å². The first-order valence-corrected chi connectivity index (χ1v) is 7.95. The van der Waals surface area contributed by atoms with E-state index in [0.717, 1.165) is 31.2 Å². The summed E-state index contributed by atoms with van der Waals surface area (Å²) in [4.78, 5) is 1.53. The molecule has 1 aliphatic carbocycles. The van der Waals surface area contributed by atoms with Gasteiger partial charge in [-0.25, -0.2) is 0 Å². The zero-order chi connectivity index (χ0) is 14.6. The second kappa shape index (κ2) is 7.12. The average Bonchev–Trinajstić information content (AvgIpc) is 2.36. The van der Waals surface area contributed by atoms with Gasteiger partial charge in [-0.2, -0.15) is 13.2 Å². The predicted molar refractivity (Wildman–Crippen MR) is 74.6 cm³/mol. The van der Waals surface area contributed by atoms with Crippen molar-refractivity contribution in [2.24, 2.45) is 11.8 Å². The summed E-state index contributed by atoms with van der Waals surface area (Å²) < 4.78 is 36.9. The smallest absolute Gasteiger partial charge is 0.314 e. The van der Waals surface area contributed by atoms with Gasteiger partial charge >= 0.3 is 6.18 Å². The molecule has 0 amide bonds. The molecule has 1 saturated heterocycles. The Labute approximate surface area is 120 Å². The molecule has 20 heavy (non-hydrogen) atoms. The molecule has 0 bridgehead atoms. The molecule has 118 valence electrons. The molecule has 2 aliphatic rings. The molecule has 0 spiro atoms. The highest BCUT2D eigenvalue weighted by atomic mass is 19.4. The zero-order valence-electron chi connectivity index (χ0n) is 12.4. The highest BCUT2D eigenvalue weighted by Crippen LogP contribution is 2.28. The Morgan fingerprint density at radius 1 is 1.10 bits per heavy atom. The van der Waals surface area contributed by atoms with Crippen LogP contribution in [-0.4, -0.2) is 43.3 Å². The third kappa shape index (κ3) is 5.60. The summed E-state index contributed by atoms with van der Waals surface area (Å²) >= 11 is 0. The Hall–Kier alpha value is -0.290.